The second kappa shape index (κ2) is 11.0. The van der Waals surface area contributed by atoms with Crippen molar-refractivity contribution in [1.29, 1.82) is 5.26 Å². The minimum atomic E-state index is -3.34. The molecule has 176 valence electrons. The van der Waals surface area contributed by atoms with E-state index in [0.29, 0.717) is 11.6 Å². The highest BCUT2D eigenvalue weighted by Gasteiger charge is 2.16. The zero-order valence-corrected chi connectivity index (χ0v) is 20.3. The van der Waals surface area contributed by atoms with E-state index >= 15 is 0 Å². The highest BCUT2D eigenvalue weighted by Crippen LogP contribution is 2.20. The summed E-state index contributed by atoms with van der Waals surface area (Å²) in [6.07, 6.45) is 3.57. The van der Waals surface area contributed by atoms with Crippen molar-refractivity contribution in [3.63, 3.8) is 0 Å². The lowest BCUT2D eigenvalue weighted by Gasteiger charge is -2.11. The van der Waals surface area contributed by atoms with E-state index in [0.717, 1.165) is 36.2 Å². The Morgan fingerprint density at radius 1 is 1.21 bits per heavy atom. The Bertz CT molecular complexity index is 1200. The Kier molecular flexibility index (Phi) is 8.60. The number of aromatic nitrogens is 1. The zero-order chi connectivity index (χ0) is 24.8. The molecule has 0 bridgehead atoms. The maximum atomic E-state index is 12.3. The van der Waals surface area contributed by atoms with Gasteiger partial charge in [0.25, 0.3) is 5.91 Å². The summed E-state index contributed by atoms with van der Waals surface area (Å²) in [6, 6.07) is 9.35. The average Bonchev–Trinajstić information content (AvgIpc) is 3.00. The summed E-state index contributed by atoms with van der Waals surface area (Å²) in [5.41, 5.74) is 2.88. The van der Waals surface area contributed by atoms with Crippen molar-refractivity contribution in [2.24, 2.45) is 5.92 Å². The fourth-order valence-electron chi connectivity index (χ4n) is 3.19. The Hall–Kier alpha value is -3.38. The van der Waals surface area contributed by atoms with E-state index < -0.39 is 28.3 Å². The number of benzene rings is 1. The summed E-state index contributed by atoms with van der Waals surface area (Å²) in [6.45, 7) is 8.48. The molecule has 8 nitrogen and oxygen atoms in total. The van der Waals surface area contributed by atoms with Gasteiger partial charge in [0.2, 0.25) is 0 Å². The quantitative estimate of drug-likeness (QED) is 0.339. The first kappa shape index (κ1) is 25.9. The monoisotopic (exact) mass is 471 g/mol. The van der Waals surface area contributed by atoms with E-state index in [1.54, 1.807) is 0 Å². The standard InChI is InChI=1S/C24H29N3O5S/c1-16(2)10-11-27-17(3)12-19(18(27)4)13-20(14-25)24(29)32-15-23(28)26-21-6-8-22(9-7-21)33(5,30)31/h6-9,12-13,16H,10-11,15H2,1-5H3,(H,26,28)/b20-13+. The fraction of sp³-hybridized carbons (Fsp3) is 0.375. The molecule has 0 aliphatic carbocycles. The molecule has 0 saturated carbocycles. The van der Waals surface area contributed by atoms with Gasteiger partial charge in [-0.1, -0.05) is 13.8 Å². The molecule has 33 heavy (non-hydrogen) atoms. The van der Waals surface area contributed by atoms with Gasteiger partial charge in [-0.3, -0.25) is 4.79 Å². The van der Waals surface area contributed by atoms with Crippen molar-refractivity contribution in [3.05, 3.63) is 52.9 Å². The van der Waals surface area contributed by atoms with Crippen LogP contribution in [0, 0.1) is 31.1 Å². The molecule has 9 heteroatoms. The molecule has 1 heterocycles. The summed E-state index contributed by atoms with van der Waals surface area (Å²) < 4.78 is 30.1. The number of anilines is 1. The van der Waals surface area contributed by atoms with Gasteiger partial charge >= 0.3 is 5.97 Å². The molecular formula is C24H29N3O5S. The number of esters is 1. The van der Waals surface area contributed by atoms with E-state index in [-0.39, 0.29) is 10.5 Å². The number of hydrogen-bond donors (Lipinski definition) is 1. The number of nitrogens with one attached hydrogen (secondary N) is 1. The molecule has 0 atom stereocenters. The molecule has 1 aromatic carbocycles. The van der Waals surface area contributed by atoms with E-state index in [1.165, 1.54) is 30.3 Å². The van der Waals surface area contributed by atoms with Crippen molar-refractivity contribution in [2.45, 2.75) is 45.6 Å². The Labute approximate surface area is 194 Å². The molecule has 0 aliphatic heterocycles. The summed E-state index contributed by atoms with van der Waals surface area (Å²) in [5.74, 6) is -0.953. The largest absolute Gasteiger partial charge is 0.451 e. The minimum absolute atomic E-state index is 0.124. The van der Waals surface area contributed by atoms with Crippen LogP contribution in [0.15, 0.2) is 40.8 Å². The van der Waals surface area contributed by atoms with E-state index in [9.17, 15) is 23.3 Å². The number of nitriles is 1. The highest BCUT2D eigenvalue weighted by molar-refractivity contribution is 7.90. The number of sulfone groups is 1. The van der Waals surface area contributed by atoms with Crippen molar-refractivity contribution in [1.82, 2.24) is 4.57 Å². The molecule has 1 N–H and O–H groups in total. The summed E-state index contributed by atoms with van der Waals surface area (Å²) >= 11 is 0. The Morgan fingerprint density at radius 2 is 1.85 bits per heavy atom. The minimum Gasteiger partial charge on any atom is -0.451 e. The van der Waals surface area contributed by atoms with Gasteiger partial charge in [-0.15, -0.1) is 0 Å². The van der Waals surface area contributed by atoms with Crippen LogP contribution in [0.2, 0.25) is 0 Å². The number of carbonyl (C=O) groups is 2. The second-order valence-corrected chi connectivity index (χ2v) is 10.3. The first-order chi connectivity index (χ1) is 15.4. The molecule has 2 aromatic rings. The average molecular weight is 472 g/mol. The van der Waals surface area contributed by atoms with Gasteiger partial charge in [0.1, 0.15) is 11.6 Å². The molecule has 2 rings (SSSR count). The molecule has 0 spiro atoms. The first-order valence-corrected chi connectivity index (χ1v) is 12.4. The third-order valence-corrected chi connectivity index (χ3v) is 6.21. The molecule has 1 aromatic heterocycles. The third-order valence-electron chi connectivity index (χ3n) is 5.08. The number of ether oxygens (including phenoxy) is 1. The van der Waals surface area contributed by atoms with E-state index in [2.05, 4.69) is 23.7 Å². The van der Waals surface area contributed by atoms with Crippen LogP contribution >= 0.6 is 0 Å². The van der Waals surface area contributed by atoms with E-state index in [1.807, 2.05) is 26.0 Å². The lowest BCUT2D eigenvalue weighted by molar-refractivity contribution is -0.142. The SMILES string of the molecule is Cc1cc(/C=C(\C#N)C(=O)OCC(=O)Nc2ccc(S(C)(=O)=O)cc2)c(C)n1CCC(C)C. The number of carbonyl (C=O) groups excluding carboxylic acids is 2. The van der Waals surface area contributed by atoms with Gasteiger partial charge < -0.3 is 14.6 Å². The van der Waals surface area contributed by atoms with Crippen LogP contribution in [-0.2, 0) is 30.7 Å². The van der Waals surface area contributed by atoms with Gasteiger partial charge in [-0.2, -0.15) is 5.26 Å². The molecule has 0 fully saturated rings. The predicted molar refractivity (Wildman–Crippen MR) is 126 cm³/mol. The van der Waals surface area contributed by atoms with Crippen molar-refractivity contribution in [2.75, 3.05) is 18.2 Å². The van der Waals surface area contributed by atoms with E-state index in [4.69, 9.17) is 4.74 Å². The fourth-order valence-corrected chi connectivity index (χ4v) is 3.82. The number of rotatable bonds is 9. The Balaban J connectivity index is 2.02. The molecule has 1 amide bonds. The van der Waals surface area contributed by atoms with Crippen LogP contribution in [0.25, 0.3) is 6.08 Å². The van der Waals surface area contributed by atoms with Crippen LogP contribution < -0.4 is 5.32 Å². The number of amides is 1. The number of hydrogen-bond acceptors (Lipinski definition) is 6. The van der Waals surface area contributed by atoms with Gasteiger partial charge in [-0.25, -0.2) is 13.2 Å². The van der Waals surface area contributed by atoms with Gasteiger partial charge in [0.05, 0.1) is 4.90 Å². The lowest BCUT2D eigenvalue weighted by atomic mass is 10.1. The van der Waals surface area contributed by atoms with Gasteiger partial charge in [0, 0.05) is 29.9 Å². The van der Waals surface area contributed by atoms with Gasteiger partial charge in [-0.05, 0) is 68.2 Å². The molecule has 0 saturated heterocycles. The number of nitrogens with zero attached hydrogens (tertiary/aromatic N) is 2. The molecule has 0 unspecified atom stereocenters. The maximum Gasteiger partial charge on any atom is 0.349 e. The molecular weight excluding hydrogens is 442 g/mol. The van der Waals surface area contributed by atoms with Crippen molar-refractivity contribution >= 4 is 33.5 Å². The first-order valence-electron chi connectivity index (χ1n) is 10.5. The van der Waals surface area contributed by atoms with Crippen LogP contribution in [-0.4, -0.2) is 37.7 Å². The second-order valence-electron chi connectivity index (χ2n) is 8.25. The Morgan fingerprint density at radius 3 is 2.39 bits per heavy atom. The van der Waals surface area contributed by atoms with Crippen LogP contribution in [0.1, 0.15) is 37.2 Å². The highest BCUT2D eigenvalue weighted by atomic mass is 32.2. The van der Waals surface area contributed by atoms with Crippen molar-refractivity contribution in [3.8, 4) is 6.07 Å². The zero-order valence-electron chi connectivity index (χ0n) is 19.5. The number of aryl methyl sites for hydroxylation is 1. The summed E-state index contributed by atoms with van der Waals surface area (Å²) in [4.78, 5) is 24.6. The van der Waals surface area contributed by atoms with Crippen LogP contribution in [0.5, 0.6) is 0 Å². The summed E-state index contributed by atoms with van der Waals surface area (Å²) in [5, 5.41) is 11.9. The smallest absolute Gasteiger partial charge is 0.349 e. The van der Waals surface area contributed by atoms with Gasteiger partial charge in [0.15, 0.2) is 16.4 Å². The topological polar surface area (TPSA) is 118 Å². The normalized spacial score (nSPS) is 11.8. The molecule has 0 aliphatic rings. The predicted octanol–water partition coefficient (Wildman–Crippen LogP) is 3.64. The lowest BCUT2D eigenvalue weighted by Crippen LogP contribution is -2.21. The van der Waals surface area contributed by atoms with Crippen LogP contribution in [0.4, 0.5) is 5.69 Å². The van der Waals surface area contributed by atoms with Crippen molar-refractivity contribution < 1.29 is 22.7 Å². The molecule has 0 radical (unpaired) electrons. The third kappa shape index (κ3) is 7.32. The summed E-state index contributed by atoms with van der Waals surface area (Å²) in [7, 11) is -3.34. The maximum absolute atomic E-state index is 12.3. The van der Waals surface area contributed by atoms with Crippen LogP contribution in [0.3, 0.4) is 0 Å².